The van der Waals surface area contributed by atoms with E-state index in [1.807, 2.05) is 6.92 Å². The van der Waals surface area contributed by atoms with Gasteiger partial charge in [0.05, 0.1) is 10.6 Å². The Morgan fingerprint density at radius 3 is 2.32 bits per heavy atom. The summed E-state index contributed by atoms with van der Waals surface area (Å²) in [5.74, 6) is 5.40. The van der Waals surface area contributed by atoms with Crippen LogP contribution in [0.4, 0.5) is 10.8 Å². The van der Waals surface area contributed by atoms with E-state index in [0.717, 1.165) is 23.9 Å². The van der Waals surface area contributed by atoms with E-state index in [4.69, 9.17) is 5.84 Å². The van der Waals surface area contributed by atoms with Gasteiger partial charge in [0.15, 0.2) is 5.13 Å². The fraction of sp³-hybridized carbons (Fsp3) is 0.357. The Balaban J connectivity index is 2.29. The second-order valence-corrected chi connectivity index (χ2v) is 5.30. The molecule has 1 aromatic heterocycles. The van der Waals surface area contributed by atoms with E-state index in [0.29, 0.717) is 0 Å². The molecule has 2 rings (SSSR count). The van der Waals surface area contributed by atoms with Crippen molar-refractivity contribution in [2.24, 2.45) is 5.84 Å². The molecule has 0 radical (unpaired) electrons. The largest absolute Gasteiger partial charge is 0.372 e. The highest BCUT2D eigenvalue weighted by Gasteiger charge is 2.09. The van der Waals surface area contributed by atoms with Crippen molar-refractivity contribution in [3.8, 4) is 10.4 Å². The third kappa shape index (κ3) is 2.88. The van der Waals surface area contributed by atoms with Gasteiger partial charge in [-0.05, 0) is 38.5 Å². The highest BCUT2D eigenvalue weighted by atomic mass is 32.1. The van der Waals surface area contributed by atoms with E-state index in [-0.39, 0.29) is 0 Å². The molecular formula is C14H20N4S. The van der Waals surface area contributed by atoms with Crippen LogP contribution < -0.4 is 16.2 Å². The summed E-state index contributed by atoms with van der Waals surface area (Å²) in [6.45, 7) is 8.40. The van der Waals surface area contributed by atoms with Crippen molar-refractivity contribution in [1.82, 2.24) is 4.98 Å². The van der Waals surface area contributed by atoms with Crippen LogP contribution in [0.1, 0.15) is 19.5 Å². The average molecular weight is 276 g/mol. The number of rotatable bonds is 5. The molecule has 0 fully saturated rings. The van der Waals surface area contributed by atoms with Crippen LogP contribution in [-0.2, 0) is 0 Å². The lowest BCUT2D eigenvalue weighted by atomic mass is 10.1. The number of aromatic nitrogens is 1. The van der Waals surface area contributed by atoms with Crippen LogP contribution >= 0.6 is 11.3 Å². The van der Waals surface area contributed by atoms with Gasteiger partial charge in [0.25, 0.3) is 0 Å². The maximum Gasteiger partial charge on any atom is 0.197 e. The fourth-order valence-corrected chi connectivity index (χ4v) is 3.02. The highest BCUT2D eigenvalue weighted by molar-refractivity contribution is 7.19. The van der Waals surface area contributed by atoms with Crippen molar-refractivity contribution in [1.29, 1.82) is 0 Å². The Hall–Kier alpha value is -1.59. The molecule has 0 aliphatic rings. The van der Waals surface area contributed by atoms with Gasteiger partial charge in [0.2, 0.25) is 0 Å². The summed E-state index contributed by atoms with van der Waals surface area (Å²) >= 11 is 1.58. The lowest BCUT2D eigenvalue weighted by Gasteiger charge is -2.21. The first-order valence-corrected chi connectivity index (χ1v) is 7.30. The first kappa shape index (κ1) is 13.8. The molecule has 0 atom stereocenters. The van der Waals surface area contributed by atoms with Crippen LogP contribution in [0.3, 0.4) is 0 Å². The van der Waals surface area contributed by atoms with Crippen LogP contribution in [0.25, 0.3) is 10.4 Å². The molecule has 102 valence electrons. The van der Waals surface area contributed by atoms with Gasteiger partial charge in [0.1, 0.15) is 0 Å². The van der Waals surface area contributed by atoms with E-state index in [1.165, 1.54) is 16.1 Å². The van der Waals surface area contributed by atoms with Crippen molar-refractivity contribution in [3.63, 3.8) is 0 Å². The van der Waals surface area contributed by atoms with Crippen LogP contribution in [0, 0.1) is 6.92 Å². The lowest BCUT2D eigenvalue weighted by Crippen LogP contribution is -2.21. The van der Waals surface area contributed by atoms with Crippen molar-refractivity contribution in [2.75, 3.05) is 23.4 Å². The minimum absolute atomic E-state index is 0.750. The normalized spacial score (nSPS) is 10.5. The number of nitrogens with two attached hydrogens (primary N) is 1. The third-order valence-corrected chi connectivity index (χ3v) is 4.32. The smallest absolute Gasteiger partial charge is 0.197 e. The molecule has 0 unspecified atom stereocenters. The highest BCUT2D eigenvalue weighted by Crippen LogP contribution is 2.33. The second-order valence-electron chi connectivity index (χ2n) is 4.30. The number of aryl methyl sites for hydroxylation is 1. The molecule has 1 heterocycles. The summed E-state index contributed by atoms with van der Waals surface area (Å²) in [6, 6.07) is 8.62. The topological polar surface area (TPSA) is 54.2 Å². The summed E-state index contributed by atoms with van der Waals surface area (Å²) in [7, 11) is 0. The van der Waals surface area contributed by atoms with Gasteiger partial charge in [-0.15, -0.1) is 0 Å². The average Bonchev–Trinajstić information content (AvgIpc) is 2.82. The molecule has 0 amide bonds. The maximum atomic E-state index is 5.40. The molecule has 4 nitrogen and oxygen atoms in total. The first-order chi connectivity index (χ1) is 9.19. The number of hydrogen-bond acceptors (Lipinski definition) is 5. The number of thiazole rings is 1. The number of hydrogen-bond donors (Lipinski definition) is 2. The molecular weight excluding hydrogens is 256 g/mol. The van der Waals surface area contributed by atoms with Crippen LogP contribution in [0.5, 0.6) is 0 Å². The van der Waals surface area contributed by atoms with E-state index in [9.17, 15) is 0 Å². The van der Waals surface area contributed by atoms with Gasteiger partial charge >= 0.3 is 0 Å². The van der Waals surface area contributed by atoms with Crippen molar-refractivity contribution in [3.05, 3.63) is 30.0 Å². The Morgan fingerprint density at radius 2 is 1.84 bits per heavy atom. The lowest BCUT2D eigenvalue weighted by molar-refractivity contribution is 0.866. The van der Waals surface area contributed by atoms with Crippen LogP contribution in [0.15, 0.2) is 24.3 Å². The summed E-state index contributed by atoms with van der Waals surface area (Å²) in [4.78, 5) is 7.86. The molecule has 0 spiro atoms. The Labute approximate surface area is 118 Å². The number of anilines is 2. The van der Waals surface area contributed by atoms with Gasteiger partial charge in [-0.1, -0.05) is 23.5 Å². The third-order valence-electron chi connectivity index (χ3n) is 3.18. The molecule has 0 saturated carbocycles. The van der Waals surface area contributed by atoms with E-state index in [2.05, 4.69) is 53.4 Å². The SMILES string of the molecule is CCN(CC)c1ccc(-c2sc(NN)nc2C)cc1. The zero-order valence-electron chi connectivity index (χ0n) is 11.6. The van der Waals surface area contributed by atoms with E-state index < -0.39 is 0 Å². The van der Waals surface area contributed by atoms with Gasteiger partial charge in [0, 0.05) is 18.8 Å². The van der Waals surface area contributed by atoms with Crippen LogP contribution in [-0.4, -0.2) is 18.1 Å². The molecule has 5 heteroatoms. The predicted octanol–water partition coefficient (Wildman–Crippen LogP) is 3.25. The number of benzene rings is 1. The summed E-state index contributed by atoms with van der Waals surface area (Å²) in [5.41, 5.74) is 6.06. The molecule has 2 aromatic rings. The molecule has 1 aromatic carbocycles. The van der Waals surface area contributed by atoms with E-state index in [1.54, 1.807) is 11.3 Å². The van der Waals surface area contributed by atoms with Crippen molar-refractivity contribution >= 4 is 22.2 Å². The number of nitrogens with one attached hydrogen (secondary N) is 1. The zero-order chi connectivity index (χ0) is 13.8. The Morgan fingerprint density at radius 1 is 1.21 bits per heavy atom. The van der Waals surface area contributed by atoms with Crippen molar-refractivity contribution in [2.45, 2.75) is 20.8 Å². The van der Waals surface area contributed by atoms with Crippen molar-refractivity contribution < 1.29 is 0 Å². The second kappa shape index (κ2) is 6.04. The molecule has 0 saturated heterocycles. The summed E-state index contributed by atoms with van der Waals surface area (Å²) in [6.07, 6.45) is 0. The Kier molecular flexibility index (Phi) is 4.39. The first-order valence-electron chi connectivity index (χ1n) is 6.49. The van der Waals surface area contributed by atoms with Gasteiger partial charge in [-0.25, -0.2) is 10.8 Å². The van der Waals surface area contributed by atoms with Gasteiger partial charge < -0.3 is 4.90 Å². The molecule has 3 N–H and O–H groups in total. The standard InChI is InChI=1S/C14H20N4S/c1-4-18(5-2)12-8-6-11(7-9-12)13-10(3)16-14(17-15)19-13/h6-9H,4-5,15H2,1-3H3,(H,16,17). The summed E-state index contributed by atoms with van der Waals surface area (Å²) in [5, 5.41) is 0.750. The van der Waals surface area contributed by atoms with Crippen LogP contribution in [0.2, 0.25) is 0 Å². The number of hydrazine groups is 1. The number of nitrogen functional groups attached to an aromatic ring is 1. The van der Waals surface area contributed by atoms with Gasteiger partial charge in [-0.2, -0.15) is 0 Å². The fourth-order valence-electron chi connectivity index (χ4n) is 2.14. The quantitative estimate of drug-likeness (QED) is 0.650. The molecule has 0 aliphatic heterocycles. The van der Waals surface area contributed by atoms with Gasteiger partial charge in [-0.3, -0.25) is 5.43 Å². The summed E-state index contributed by atoms with van der Waals surface area (Å²) < 4.78 is 0. The molecule has 19 heavy (non-hydrogen) atoms. The minimum Gasteiger partial charge on any atom is -0.372 e. The zero-order valence-corrected chi connectivity index (χ0v) is 12.4. The van der Waals surface area contributed by atoms with E-state index >= 15 is 0 Å². The molecule has 0 aliphatic carbocycles. The number of nitrogens with zero attached hydrogens (tertiary/aromatic N) is 2. The molecule has 0 bridgehead atoms. The monoisotopic (exact) mass is 276 g/mol. The predicted molar refractivity (Wildman–Crippen MR) is 83.7 cm³/mol. The Bertz CT molecular complexity index is 529. The minimum atomic E-state index is 0.750. The maximum absolute atomic E-state index is 5.40.